The lowest BCUT2D eigenvalue weighted by Crippen LogP contribution is -2.30. The predicted octanol–water partition coefficient (Wildman–Crippen LogP) is 2.17. The number of anilines is 1. The number of benzene rings is 1. The van der Waals surface area contributed by atoms with Crippen LogP contribution < -0.4 is 11.1 Å². The molecule has 2 heterocycles. The van der Waals surface area contributed by atoms with E-state index in [1.54, 1.807) is 30.3 Å². The smallest absolute Gasteiger partial charge is 0.438 e. The van der Waals surface area contributed by atoms with E-state index in [-0.39, 0.29) is 5.89 Å². The minimum atomic E-state index is -0.907. The predicted molar refractivity (Wildman–Crippen MR) is 83.0 cm³/mol. The summed E-state index contributed by atoms with van der Waals surface area (Å²) in [4.78, 5) is 24.2. The van der Waals surface area contributed by atoms with Crippen molar-refractivity contribution in [3.8, 4) is 17.7 Å². The highest BCUT2D eigenvalue weighted by Gasteiger charge is 2.22. The van der Waals surface area contributed by atoms with Crippen LogP contribution in [0.15, 0.2) is 56.3 Å². The van der Waals surface area contributed by atoms with E-state index in [0.717, 1.165) is 4.68 Å². The Hall–Kier alpha value is -3.60. The molecule has 1 unspecified atom stereocenters. The van der Waals surface area contributed by atoms with Gasteiger partial charge in [-0.05, 0) is 37.3 Å². The third-order valence-electron chi connectivity index (χ3n) is 3.31. The molecule has 0 saturated heterocycles. The van der Waals surface area contributed by atoms with E-state index in [0.29, 0.717) is 17.0 Å². The van der Waals surface area contributed by atoms with E-state index in [4.69, 9.17) is 14.1 Å². The Balaban J connectivity index is 1.81. The van der Waals surface area contributed by atoms with Crippen LogP contribution in [-0.2, 0) is 4.79 Å². The van der Waals surface area contributed by atoms with Crippen molar-refractivity contribution in [2.75, 3.05) is 5.32 Å². The van der Waals surface area contributed by atoms with Crippen molar-refractivity contribution in [3.63, 3.8) is 0 Å². The first-order chi connectivity index (χ1) is 11.6. The molecule has 1 amide bonds. The van der Waals surface area contributed by atoms with Crippen LogP contribution in [-0.4, -0.2) is 15.7 Å². The molecule has 0 saturated carbocycles. The Morgan fingerprint density at radius 3 is 2.92 bits per heavy atom. The lowest BCUT2D eigenvalue weighted by molar-refractivity contribution is -0.119. The number of carbonyl (C=O) groups excluding carboxylic acids is 1. The van der Waals surface area contributed by atoms with Gasteiger partial charge >= 0.3 is 5.76 Å². The maximum absolute atomic E-state index is 12.3. The average Bonchev–Trinajstić information content (AvgIpc) is 3.23. The quantitative estimate of drug-likeness (QED) is 0.786. The fraction of sp³-hybridized carbons (Fsp3) is 0.125. The zero-order valence-electron chi connectivity index (χ0n) is 12.6. The number of hydrogen-bond acceptors (Lipinski definition) is 6. The molecule has 8 heteroatoms. The van der Waals surface area contributed by atoms with Crippen LogP contribution in [0.3, 0.4) is 0 Å². The lowest BCUT2D eigenvalue weighted by Gasteiger charge is -2.11. The second-order valence-electron chi connectivity index (χ2n) is 4.95. The first-order valence-electron chi connectivity index (χ1n) is 7.03. The third kappa shape index (κ3) is 2.96. The van der Waals surface area contributed by atoms with Crippen molar-refractivity contribution >= 4 is 11.6 Å². The van der Waals surface area contributed by atoms with Gasteiger partial charge in [-0.3, -0.25) is 4.79 Å². The number of aromatic nitrogens is 2. The number of nitrogens with zero attached hydrogens (tertiary/aromatic N) is 3. The lowest BCUT2D eigenvalue weighted by atomic mass is 10.2. The minimum absolute atomic E-state index is 0.00359. The zero-order chi connectivity index (χ0) is 17.1. The second kappa shape index (κ2) is 6.26. The molecule has 0 aliphatic rings. The summed E-state index contributed by atoms with van der Waals surface area (Å²) in [5, 5.41) is 15.5. The molecule has 0 radical (unpaired) electrons. The van der Waals surface area contributed by atoms with E-state index in [1.165, 1.54) is 19.3 Å². The topological polar surface area (TPSA) is 114 Å². The first kappa shape index (κ1) is 15.3. The van der Waals surface area contributed by atoms with Gasteiger partial charge in [0.05, 0.1) is 17.9 Å². The monoisotopic (exact) mass is 324 g/mol. The van der Waals surface area contributed by atoms with Gasteiger partial charge in [-0.1, -0.05) is 6.07 Å². The fourth-order valence-electron chi connectivity index (χ4n) is 2.06. The van der Waals surface area contributed by atoms with Crippen LogP contribution >= 0.6 is 0 Å². The standard InChI is InChI=1S/C16H12N4O4/c1-10(14(21)18-12-5-2-4-11(8-12)9-17)20-16(22)24-15(19-20)13-6-3-7-23-13/h2-8,10H,1H3,(H,18,21). The summed E-state index contributed by atoms with van der Waals surface area (Å²) in [6, 6.07) is 10.7. The maximum atomic E-state index is 12.3. The number of carbonyl (C=O) groups is 1. The van der Waals surface area contributed by atoms with Gasteiger partial charge in [0.15, 0.2) is 5.76 Å². The Morgan fingerprint density at radius 2 is 2.21 bits per heavy atom. The summed E-state index contributed by atoms with van der Waals surface area (Å²) in [5.41, 5.74) is 0.868. The molecule has 1 N–H and O–H groups in total. The van der Waals surface area contributed by atoms with Gasteiger partial charge in [-0.25, -0.2) is 4.79 Å². The van der Waals surface area contributed by atoms with Crippen molar-refractivity contribution in [1.82, 2.24) is 9.78 Å². The first-order valence-corrected chi connectivity index (χ1v) is 7.03. The van der Waals surface area contributed by atoms with Gasteiger partial charge in [-0.2, -0.15) is 9.94 Å². The second-order valence-corrected chi connectivity index (χ2v) is 4.95. The molecule has 0 aliphatic carbocycles. The number of amides is 1. The Morgan fingerprint density at radius 1 is 1.38 bits per heavy atom. The fourth-order valence-corrected chi connectivity index (χ4v) is 2.06. The van der Waals surface area contributed by atoms with Crippen LogP contribution in [0.5, 0.6) is 0 Å². The highest BCUT2D eigenvalue weighted by atomic mass is 16.4. The number of nitrogens with one attached hydrogen (secondary N) is 1. The third-order valence-corrected chi connectivity index (χ3v) is 3.31. The Bertz CT molecular complexity index is 963. The Kier molecular flexibility index (Phi) is 3.99. The highest BCUT2D eigenvalue weighted by Crippen LogP contribution is 2.17. The molecule has 0 fully saturated rings. The van der Waals surface area contributed by atoms with Crippen LogP contribution in [0.1, 0.15) is 18.5 Å². The van der Waals surface area contributed by atoms with Crippen LogP contribution in [0, 0.1) is 11.3 Å². The molecule has 24 heavy (non-hydrogen) atoms. The molecule has 0 aliphatic heterocycles. The number of rotatable bonds is 4. The average molecular weight is 324 g/mol. The highest BCUT2D eigenvalue weighted by molar-refractivity contribution is 5.93. The normalized spacial score (nSPS) is 11.7. The van der Waals surface area contributed by atoms with Gasteiger partial charge < -0.3 is 14.2 Å². The molecule has 8 nitrogen and oxygen atoms in total. The SMILES string of the molecule is CC(C(=O)Nc1cccc(C#N)c1)n1nc(-c2ccco2)oc1=O. The minimum Gasteiger partial charge on any atom is -0.459 e. The van der Waals surface area contributed by atoms with Crippen molar-refractivity contribution in [1.29, 1.82) is 5.26 Å². The van der Waals surface area contributed by atoms with Gasteiger partial charge in [0, 0.05) is 5.69 Å². The van der Waals surface area contributed by atoms with Gasteiger partial charge in [0.25, 0.3) is 5.89 Å². The van der Waals surface area contributed by atoms with E-state index >= 15 is 0 Å². The molecule has 120 valence electrons. The summed E-state index contributed by atoms with van der Waals surface area (Å²) < 4.78 is 11.0. The molecule has 3 aromatic rings. The molecule has 0 spiro atoms. The summed E-state index contributed by atoms with van der Waals surface area (Å²) in [7, 11) is 0. The molecule has 3 rings (SSSR count). The van der Waals surface area contributed by atoms with Crippen molar-refractivity contribution in [2.24, 2.45) is 0 Å². The summed E-state index contributed by atoms with van der Waals surface area (Å²) in [5.74, 6) is -0.947. The summed E-state index contributed by atoms with van der Waals surface area (Å²) in [6.45, 7) is 1.51. The van der Waals surface area contributed by atoms with Gasteiger partial charge in [-0.15, -0.1) is 5.10 Å². The number of nitriles is 1. The molecular formula is C16H12N4O4. The zero-order valence-corrected chi connectivity index (χ0v) is 12.6. The van der Waals surface area contributed by atoms with Crippen molar-refractivity contribution in [3.05, 3.63) is 58.8 Å². The van der Waals surface area contributed by atoms with Crippen LogP contribution in [0.25, 0.3) is 11.7 Å². The van der Waals surface area contributed by atoms with Crippen molar-refractivity contribution in [2.45, 2.75) is 13.0 Å². The molecular weight excluding hydrogens is 312 g/mol. The maximum Gasteiger partial charge on any atom is 0.438 e. The van der Waals surface area contributed by atoms with Crippen molar-refractivity contribution < 1.29 is 13.6 Å². The van der Waals surface area contributed by atoms with E-state index in [1.807, 2.05) is 6.07 Å². The molecule has 1 aromatic carbocycles. The summed E-state index contributed by atoms with van der Waals surface area (Å²) in [6.07, 6.45) is 1.42. The number of hydrogen-bond donors (Lipinski definition) is 1. The molecule has 0 bridgehead atoms. The van der Waals surface area contributed by atoms with Gasteiger partial charge in [0.2, 0.25) is 5.91 Å². The van der Waals surface area contributed by atoms with E-state index in [9.17, 15) is 9.59 Å². The largest absolute Gasteiger partial charge is 0.459 e. The van der Waals surface area contributed by atoms with E-state index < -0.39 is 17.7 Å². The number of furan rings is 1. The Labute approximate surface area is 135 Å². The van der Waals surface area contributed by atoms with Crippen LogP contribution in [0.2, 0.25) is 0 Å². The van der Waals surface area contributed by atoms with Gasteiger partial charge in [0.1, 0.15) is 6.04 Å². The summed E-state index contributed by atoms with van der Waals surface area (Å²) >= 11 is 0. The molecule has 2 aromatic heterocycles. The van der Waals surface area contributed by atoms with Crippen LogP contribution in [0.4, 0.5) is 5.69 Å². The molecule has 1 atom stereocenters. The van der Waals surface area contributed by atoms with E-state index in [2.05, 4.69) is 10.4 Å².